The third kappa shape index (κ3) is 4.85. The van der Waals surface area contributed by atoms with Gasteiger partial charge in [-0.2, -0.15) is 5.10 Å². The predicted molar refractivity (Wildman–Crippen MR) is 112 cm³/mol. The molecule has 154 valence electrons. The molecule has 0 spiro atoms. The van der Waals surface area contributed by atoms with Crippen molar-refractivity contribution in [2.45, 2.75) is 38.1 Å². The topological polar surface area (TPSA) is 70.5 Å². The van der Waals surface area contributed by atoms with E-state index < -0.39 is 0 Å². The van der Waals surface area contributed by atoms with Crippen LogP contribution >= 0.6 is 0 Å². The van der Waals surface area contributed by atoms with Crippen LogP contribution in [-0.2, 0) is 4.79 Å². The maximum atomic E-state index is 12.5. The zero-order valence-electron chi connectivity index (χ0n) is 16.8. The standard InChI is InChI=1S/C22H29N5O2/c28-21(24-20-10-12-23-27(20)19-8-4-5-9-19)11-13-25-14-16-26(17-15-25)22(29)18-6-2-1-3-7-18/h1-3,6-7,10,12,19H,4-5,8-9,11,13-17H2,(H,24,28). The van der Waals surface area contributed by atoms with Gasteiger partial charge in [-0.25, -0.2) is 4.68 Å². The van der Waals surface area contributed by atoms with Gasteiger partial charge in [-0.3, -0.25) is 14.5 Å². The highest BCUT2D eigenvalue weighted by molar-refractivity contribution is 5.94. The lowest BCUT2D eigenvalue weighted by molar-refractivity contribution is -0.116. The van der Waals surface area contributed by atoms with Gasteiger partial charge in [0, 0.05) is 50.8 Å². The zero-order chi connectivity index (χ0) is 20.1. The molecule has 0 atom stereocenters. The Morgan fingerprint density at radius 3 is 2.45 bits per heavy atom. The first-order valence-corrected chi connectivity index (χ1v) is 10.6. The summed E-state index contributed by atoms with van der Waals surface area (Å²) >= 11 is 0. The van der Waals surface area contributed by atoms with Gasteiger partial charge in [0.05, 0.1) is 12.2 Å². The van der Waals surface area contributed by atoms with E-state index in [4.69, 9.17) is 0 Å². The van der Waals surface area contributed by atoms with Crippen LogP contribution in [0.1, 0.15) is 48.5 Å². The van der Waals surface area contributed by atoms with Gasteiger partial charge < -0.3 is 10.2 Å². The molecule has 2 heterocycles. The number of amides is 2. The number of hydrogen-bond acceptors (Lipinski definition) is 4. The van der Waals surface area contributed by atoms with Crippen molar-refractivity contribution in [1.29, 1.82) is 0 Å². The molecule has 0 bridgehead atoms. The molecule has 1 saturated heterocycles. The maximum Gasteiger partial charge on any atom is 0.253 e. The number of anilines is 1. The fourth-order valence-corrected chi connectivity index (χ4v) is 4.26. The predicted octanol–water partition coefficient (Wildman–Crippen LogP) is 2.78. The van der Waals surface area contributed by atoms with Crippen LogP contribution in [-0.4, -0.2) is 64.1 Å². The molecule has 2 amide bonds. The molecule has 7 nitrogen and oxygen atoms in total. The Balaban J connectivity index is 1.21. The fourth-order valence-electron chi connectivity index (χ4n) is 4.26. The first kappa shape index (κ1) is 19.6. The van der Waals surface area contributed by atoms with Crippen LogP contribution in [0.25, 0.3) is 0 Å². The maximum absolute atomic E-state index is 12.5. The number of aromatic nitrogens is 2. The van der Waals surface area contributed by atoms with Crippen molar-refractivity contribution >= 4 is 17.6 Å². The largest absolute Gasteiger partial charge is 0.336 e. The van der Waals surface area contributed by atoms with Crippen LogP contribution < -0.4 is 5.32 Å². The number of benzene rings is 1. The van der Waals surface area contributed by atoms with Crippen molar-refractivity contribution in [3.63, 3.8) is 0 Å². The minimum Gasteiger partial charge on any atom is -0.336 e. The van der Waals surface area contributed by atoms with Crippen LogP contribution in [0.2, 0.25) is 0 Å². The van der Waals surface area contributed by atoms with Crippen LogP contribution in [0.3, 0.4) is 0 Å². The van der Waals surface area contributed by atoms with E-state index in [1.165, 1.54) is 12.8 Å². The Bertz CT molecular complexity index is 821. The zero-order valence-corrected chi connectivity index (χ0v) is 16.8. The molecule has 2 aromatic rings. The van der Waals surface area contributed by atoms with E-state index in [9.17, 15) is 9.59 Å². The van der Waals surface area contributed by atoms with Gasteiger partial charge in [0.25, 0.3) is 5.91 Å². The van der Waals surface area contributed by atoms with Crippen molar-refractivity contribution < 1.29 is 9.59 Å². The number of nitrogens with one attached hydrogen (secondary N) is 1. The van der Waals surface area contributed by atoms with Gasteiger partial charge >= 0.3 is 0 Å². The average Bonchev–Trinajstić information content (AvgIpc) is 3.44. The Hall–Kier alpha value is -2.67. The molecule has 2 aliphatic rings. The fraction of sp³-hybridized carbons (Fsp3) is 0.500. The average molecular weight is 396 g/mol. The third-order valence-corrected chi connectivity index (χ3v) is 5.94. The van der Waals surface area contributed by atoms with Gasteiger partial charge in [-0.1, -0.05) is 31.0 Å². The molecule has 4 rings (SSSR count). The third-order valence-electron chi connectivity index (χ3n) is 5.94. The van der Waals surface area contributed by atoms with Crippen LogP contribution in [0.4, 0.5) is 5.82 Å². The quantitative estimate of drug-likeness (QED) is 0.817. The van der Waals surface area contributed by atoms with E-state index in [-0.39, 0.29) is 11.8 Å². The van der Waals surface area contributed by atoms with Crippen molar-refractivity contribution in [3.05, 3.63) is 48.2 Å². The minimum atomic E-state index is 0.0209. The normalized spacial score (nSPS) is 18.1. The van der Waals surface area contributed by atoms with Crippen LogP contribution in [0.15, 0.2) is 42.6 Å². The Morgan fingerprint density at radius 1 is 1.00 bits per heavy atom. The number of carbonyl (C=O) groups excluding carboxylic acids is 2. The summed E-state index contributed by atoms with van der Waals surface area (Å²) in [5.74, 6) is 0.913. The lowest BCUT2D eigenvalue weighted by Gasteiger charge is -2.34. The first-order chi connectivity index (χ1) is 14.2. The van der Waals surface area contributed by atoms with Gasteiger partial charge in [0.1, 0.15) is 5.82 Å². The van der Waals surface area contributed by atoms with E-state index in [0.29, 0.717) is 32.1 Å². The Morgan fingerprint density at radius 2 is 1.72 bits per heavy atom. The van der Waals surface area contributed by atoms with Crippen LogP contribution in [0, 0.1) is 0 Å². The number of carbonyl (C=O) groups is 2. The summed E-state index contributed by atoms with van der Waals surface area (Å²) in [7, 11) is 0. The van der Waals surface area contributed by atoms with Gasteiger partial charge in [0.15, 0.2) is 0 Å². The molecule has 1 aromatic carbocycles. The molecule has 1 saturated carbocycles. The van der Waals surface area contributed by atoms with E-state index in [1.807, 2.05) is 46.0 Å². The molecule has 2 fully saturated rings. The number of hydrogen-bond donors (Lipinski definition) is 1. The summed E-state index contributed by atoms with van der Waals surface area (Å²) in [6.45, 7) is 3.70. The van der Waals surface area contributed by atoms with E-state index >= 15 is 0 Å². The summed E-state index contributed by atoms with van der Waals surface area (Å²) in [5, 5.41) is 7.43. The molecular weight excluding hydrogens is 366 g/mol. The first-order valence-electron chi connectivity index (χ1n) is 10.6. The summed E-state index contributed by atoms with van der Waals surface area (Å²) in [6, 6.07) is 11.7. The number of nitrogens with zero attached hydrogens (tertiary/aromatic N) is 4. The summed E-state index contributed by atoms with van der Waals surface area (Å²) in [5.41, 5.74) is 0.735. The molecule has 0 unspecified atom stereocenters. The summed E-state index contributed by atoms with van der Waals surface area (Å²) < 4.78 is 1.97. The summed E-state index contributed by atoms with van der Waals surface area (Å²) in [4.78, 5) is 29.1. The second-order valence-electron chi connectivity index (χ2n) is 7.90. The highest BCUT2D eigenvalue weighted by Gasteiger charge is 2.23. The van der Waals surface area contributed by atoms with E-state index in [1.54, 1.807) is 6.20 Å². The SMILES string of the molecule is O=C(CCN1CCN(C(=O)c2ccccc2)CC1)Nc1ccnn1C1CCCC1. The molecular formula is C22H29N5O2. The smallest absolute Gasteiger partial charge is 0.253 e. The van der Waals surface area contributed by atoms with Gasteiger partial charge in [-0.15, -0.1) is 0 Å². The molecule has 0 radical (unpaired) electrons. The molecule has 7 heteroatoms. The van der Waals surface area contributed by atoms with Gasteiger partial charge in [0.2, 0.25) is 5.91 Å². The summed E-state index contributed by atoms with van der Waals surface area (Å²) in [6.07, 6.45) is 6.94. The Labute approximate surface area is 171 Å². The second kappa shape index (κ2) is 9.22. The lowest BCUT2D eigenvalue weighted by atomic mass is 10.2. The highest BCUT2D eigenvalue weighted by atomic mass is 16.2. The molecule has 1 aliphatic carbocycles. The lowest BCUT2D eigenvalue weighted by Crippen LogP contribution is -2.49. The Kier molecular flexibility index (Phi) is 6.24. The molecule has 1 N–H and O–H groups in total. The monoisotopic (exact) mass is 395 g/mol. The number of piperazine rings is 1. The van der Waals surface area contributed by atoms with E-state index in [2.05, 4.69) is 15.3 Å². The van der Waals surface area contributed by atoms with Crippen LogP contribution in [0.5, 0.6) is 0 Å². The molecule has 29 heavy (non-hydrogen) atoms. The van der Waals surface area contributed by atoms with E-state index in [0.717, 1.165) is 37.3 Å². The van der Waals surface area contributed by atoms with Crippen molar-refractivity contribution in [2.24, 2.45) is 0 Å². The van der Waals surface area contributed by atoms with Gasteiger partial charge in [-0.05, 0) is 25.0 Å². The van der Waals surface area contributed by atoms with Crippen molar-refractivity contribution in [1.82, 2.24) is 19.6 Å². The highest BCUT2D eigenvalue weighted by Crippen LogP contribution is 2.31. The number of rotatable bonds is 6. The molecule has 1 aliphatic heterocycles. The second-order valence-corrected chi connectivity index (χ2v) is 7.90. The van der Waals surface area contributed by atoms with Crippen molar-refractivity contribution in [2.75, 3.05) is 38.0 Å². The van der Waals surface area contributed by atoms with Crippen molar-refractivity contribution in [3.8, 4) is 0 Å². The minimum absolute atomic E-state index is 0.0209. The molecule has 1 aromatic heterocycles.